The van der Waals surface area contributed by atoms with Gasteiger partial charge in [-0.05, 0) is 22.8 Å². The third-order valence-corrected chi connectivity index (χ3v) is 3.11. The molecule has 0 spiro atoms. The molecule has 2 aromatic rings. The van der Waals surface area contributed by atoms with Crippen molar-refractivity contribution in [2.75, 3.05) is 20.2 Å². The van der Waals surface area contributed by atoms with Gasteiger partial charge in [-0.2, -0.15) is 0 Å². The maximum atomic E-state index is 11.2. The van der Waals surface area contributed by atoms with E-state index in [1.54, 1.807) is 11.9 Å². The van der Waals surface area contributed by atoms with Gasteiger partial charge in [0.2, 0.25) is 5.91 Å². The first-order valence-electron chi connectivity index (χ1n) is 6.03. The standard InChI is InChI=1S/C15H17NO2/c1-16(15(18)11-17)9-8-12-6-7-13-4-2-3-5-14(13)10-12/h2-7,10,17H,8-9,11H2,1H3. The third kappa shape index (κ3) is 2.87. The van der Waals surface area contributed by atoms with Crippen molar-refractivity contribution in [1.82, 2.24) is 4.90 Å². The van der Waals surface area contributed by atoms with E-state index < -0.39 is 6.61 Å². The van der Waals surface area contributed by atoms with Crippen LogP contribution in [0.2, 0.25) is 0 Å². The summed E-state index contributed by atoms with van der Waals surface area (Å²) < 4.78 is 0. The maximum absolute atomic E-state index is 11.2. The summed E-state index contributed by atoms with van der Waals surface area (Å²) in [4.78, 5) is 12.8. The van der Waals surface area contributed by atoms with Gasteiger partial charge >= 0.3 is 0 Å². The molecule has 0 saturated heterocycles. The van der Waals surface area contributed by atoms with Crippen LogP contribution >= 0.6 is 0 Å². The Hall–Kier alpha value is -1.87. The van der Waals surface area contributed by atoms with Gasteiger partial charge in [-0.1, -0.05) is 42.5 Å². The van der Waals surface area contributed by atoms with Crippen LogP contribution in [0.15, 0.2) is 42.5 Å². The first-order chi connectivity index (χ1) is 8.70. The molecule has 18 heavy (non-hydrogen) atoms. The highest BCUT2D eigenvalue weighted by atomic mass is 16.3. The Labute approximate surface area is 107 Å². The number of carbonyl (C=O) groups excluding carboxylic acids is 1. The molecule has 0 aliphatic heterocycles. The van der Waals surface area contributed by atoms with Gasteiger partial charge in [0.15, 0.2) is 0 Å². The highest BCUT2D eigenvalue weighted by molar-refractivity contribution is 5.83. The summed E-state index contributed by atoms with van der Waals surface area (Å²) in [6.45, 7) is 0.200. The monoisotopic (exact) mass is 243 g/mol. The van der Waals surface area contributed by atoms with Crippen molar-refractivity contribution in [3.8, 4) is 0 Å². The van der Waals surface area contributed by atoms with Gasteiger partial charge in [-0.3, -0.25) is 4.79 Å². The number of likely N-dealkylation sites (N-methyl/N-ethyl adjacent to an activating group) is 1. The summed E-state index contributed by atoms with van der Waals surface area (Å²) in [5, 5.41) is 11.2. The molecule has 2 aromatic carbocycles. The number of benzene rings is 2. The molecule has 0 unspecified atom stereocenters. The Morgan fingerprint density at radius 2 is 1.89 bits per heavy atom. The Balaban J connectivity index is 2.06. The van der Waals surface area contributed by atoms with E-state index in [1.807, 2.05) is 12.1 Å². The molecule has 0 bridgehead atoms. The maximum Gasteiger partial charge on any atom is 0.248 e. The van der Waals surface area contributed by atoms with Crippen molar-refractivity contribution >= 4 is 16.7 Å². The molecule has 0 saturated carbocycles. The number of aliphatic hydroxyl groups excluding tert-OH is 1. The van der Waals surface area contributed by atoms with Crippen LogP contribution in [-0.2, 0) is 11.2 Å². The first-order valence-corrected chi connectivity index (χ1v) is 6.03. The topological polar surface area (TPSA) is 40.5 Å². The Morgan fingerprint density at radius 1 is 1.17 bits per heavy atom. The average Bonchev–Trinajstić information content (AvgIpc) is 2.43. The largest absolute Gasteiger partial charge is 0.387 e. The average molecular weight is 243 g/mol. The van der Waals surface area contributed by atoms with Crippen LogP contribution in [-0.4, -0.2) is 36.1 Å². The Kier molecular flexibility index (Phi) is 3.95. The van der Waals surface area contributed by atoms with E-state index >= 15 is 0 Å². The van der Waals surface area contributed by atoms with Gasteiger partial charge < -0.3 is 10.0 Å². The van der Waals surface area contributed by atoms with Crippen LogP contribution in [0, 0.1) is 0 Å². The summed E-state index contributed by atoms with van der Waals surface area (Å²) in [6, 6.07) is 14.5. The fraction of sp³-hybridized carbons (Fsp3) is 0.267. The lowest BCUT2D eigenvalue weighted by molar-refractivity contribution is -0.132. The molecule has 1 amide bonds. The van der Waals surface area contributed by atoms with Gasteiger partial charge in [-0.25, -0.2) is 0 Å². The molecular formula is C15H17NO2. The van der Waals surface area contributed by atoms with E-state index in [1.165, 1.54) is 16.3 Å². The van der Waals surface area contributed by atoms with E-state index in [4.69, 9.17) is 5.11 Å². The number of hydrogen-bond donors (Lipinski definition) is 1. The van der Waals surface area contributed by atoms with E-state index in [9.17, 15) is 4.79 Å². The normalized spacial score (nSPS) is 10.6. The molecule has 3 heteroatoms. The van der Waals surface area contributed by atoms with E-state index in [0.717, 1.165) is 6.42 Å². The molecule has 3 nitrogen and oxygen atoms in total. The van der Waals surface area contributed by atoms with Gasteiger partial charge in [0.1, 0.15) is 6.61 Å². The van der Waals surface area contributed by atoms with E-state index in [-0.39, 0.29) is 5.91 Å². The number of nitrogens with zero attached hydrogens (tertiary/aromatic N) is 1. The second kappa shape index (κ2) is 5.65. The quantitative estimate of drug-likeness (QED) is 0.890. The Bertz CT molecular complexity index is 551. The highest BCUT2D eigenvalue weighted by Crippen LogP contribution is 2.16. The predicted octanol–water partition coefficient (Wildman–Crippen LogP) is 1.83. The molecule has 0 aromatic heterocycles. The minimum absolute atomic E-state index is 0.240. The Morgan fingerprint density at radius 3 is 2.61 bits per heavy atom. The van der Waals surface area contributed by atoms with Crippen LogP contribution in [0.3, 0.4) is 0 Å². The second-order valence-electron chi connectivity index (χ2n) is 4.40. The number of hydrogen-bond acceptors (Lipinski definition) is 2. The summed E-state index contributed by atoms with van der Waals surface area (Å²) >= 11 is 0. The van der Waals surface area contributed by atoms with Crippen molar-refractivity contribution < 1.29 is 9.90 Å². The zero-order valence-corrected chi connectivity index (χ0v) is 10.5. The lowest BCUT2D eigenvalue weighted by Gasteiger charge is -2.15. The number of amides is 1. The SMILES string of the molecule is CN(CCc1ccc2ccccc2c1)C(=O)CO. The van der Waals surface area contributed by atoms with E-state index in [2.05, 4.69) is 30.3 Å². The molecule has 94 valence electrons. The van der Waals surface area contributed by atoms with Gasteiger partial charge in [0, 0.05) is 13.6 Å². The van der Waals surface area contributed by atoms with Crippen LogP contribution < -0.4 is 0 Å². The molecule has 1 N–H and O–H groups in total. The molecule has 0 heterocycles. The number of carbonyl (C=O) groups is 1. The lowest BCUT2D eigenvalue weighted by Crippen LogP contribution is -2.31. The van der Waals surface area contributed by atoms with Gasteiger partial charge in [0.25, 0.3) is 0 Å². The lowest BCUT2D eigenvalue weighted by atomic mass is 10.1. The van der Waals surface area contributed by atoms with Crippen LogP contribution in [0.5, 0.6) is 0 Å². The molecule has 0 fully saturated rings. The summed E-state index contributed by atoms with van der Waals surface area (Å²) in [5.41, 5.74) is 1.20. The molecule has 0 aliphatic carbocycles. The highest BCUT2D eigenvalue weighted by Gasteiger charge is 2.06. The van der Waals surface area contributed by atoms with Crippen molar-refractivity contribution in [1.29, 1.82) is 0 Å². The molecule has 0 aliphatic rings. The van der Waals surface area contributed by atoms with Crippen molar-refractivity contribution in [2.45, 2.75) is 6.42 Å². The van der Waals surface area contributed by atoms with E-state index in [0.29, 0.717) is 6.54 Å². The number of rotatable bonds is 4. The van der Waals surface area contributed by atoms with Crippen molar-refractivity contribution in [2.24, 2.45) is 0 Å². The fourth-order valence-electron chi connectivity index (χ4n) is 1.94. The van der Waals surface area contributed by atoms with Gasteiger partial charge in [-0.15, -0.1) is 0 Å². The molecule has 0 atom stereocenters. The van der Waals surface area contributed by atoms with Crippen LogP contribution in [0.25, 0.3) is 10.8 Å². The second-order valence-corrected chi connectivity index (χ2v) is 4.40. The fourth-order valence-corrected chi connectivity index (χ4v) is 1.94. The smallest absolute Gasteiger partial charge is 0.248 e. The third-order valence-electron chi connectivity index (χ3n) is 3.11. The van der Waals surface area contributed by atoms with Crippen LogP contribution in [0.1, 0.15) is 5.56 Å². The first kappa shape index (κ1) is 12.6. The molecular weight excluding hydrogens is 226 g/mol. The van der Waals surface area contributed by atoms with Crippen LogP contribution in [0.4, 0.5) is 0 Å². The zero-order valence-electron chi connectivity index (χ0n) is 10.5. The van der Waals surface area contributed by atoms with Crippen molar-refractivity contribution in [3.05, 3.63) is 48.0 Å². The summed E-state index contributed by atoms with van der Waals surface area (Å²) in [5.74, 6) is -0.240. The summed E-state index contributed by atoms with van der Waals surface area (Å²) in [6.07, 6.45) is 0.799. The zero-order chi connectivity index (χ0) is 13.0. The van der Waals surface area contributed by atoms with Gasteiger partial charge in [0.05, 0.1) is 0 Å². The minimum atomic E-state index is -0.422. The molecule has 0 radical (unpaired) electrons. The summed E-state index contributed by atoms with van der Waals surface area (Å²) in [7, 11) is 1.71. The molecule has 2 rings (SSSR count). The van der Waals surface area contributed by atoms with Crippen molar-refractivity contribution in [3.63, 3.8) is 0 Å². The predicted molar refractivity (Wildman–Crippen MR) is 72.4 cm³/mol. The number of fused-ring (bicyclic) bond motifs is 1. The number of aliphatic hydroxyl groups is 1. The minimum Gasteiger partial charge on any atom is -0.387 e.